The van der Waals surface area contributed by atoms with Gasteiger partial charge in [0.1, 0.15) is 0 Å². The second-order valence-electron chi connectivity index (χ2n) is 6.59. The van der Waals surface area contributed by atoms with E-state index in [1.807, 2.05) is 25.1 Å². The first-order valence-electron chi connectivity index (χ1n) is 8.52. The van der Waals surface area contributed by atoms with E-state index in [-0.39, 0.29) is 28.7 Å². The van der Waals surface area contributed by atoms with Gasteiger partial charge in [-0.15, -0.1) is 0 Å². The van der Waals surface area contributed by atoms with Crippen molar-refractivity contribution in [3.05, 3.63) is 47.0 Å². The van der Waals surface area contributed by atoms with Crippen LogP contribution in [0.15, 0.2) is 28.7 Å². The zero-order valence-electron chi connectivity index (χ0n) is 13.3. The van der Waals surface area contributed by atoms with Crippen LogP contribution >= 0.6 is 0 Å². The van der Waals surface area contributed by atoms with Gasteiger partial charge in [0.25, 0.3) is 0 Å². The largest absolute Gasteiger partial charge is 0.450 e. The Labute approximate surface area is 134 Å². The van der Waals surface area contributed by atoms with E-state index in [4.69, 9.17) is 4.42 Å². The lowest BCUT2D eigenvalue weighted by atomic mass is 9.95. The third-order valence-electron chi connectivity index (χ3n) is 5.11. The summed E-state index contributed by atoms with van der Waals surface area (Å²) >= 11 is 0. The molecule has 0 spiro atoms. The molecule has 0 amide bonds. The number of aryl methyl sites for hydroxylation is 1. The topological polar surface area (TPSA) is 13.1 Å². The Morgan fingerprint density at radius 1 is 0.957 bits per heavy atom. The fourth-order valence-corrected chi connectivity index (χ4v) is 3.91. The van der Waals surface area contributed by atoms with Crippen molar-refractivity contribution in [2.24, 2.45) is 0 Å². The van der Waals surface area contributed by atoms with Gasteiger partial charge in [0.2, 0.25) is 0 Å². The predicted octanol–water partition coefficient (Wildman–Crippen LogP) is 6.47. The van der Waals surface area contributed by atoms with Gasteiger partial charge in [-0.1, -0.05) is 38.3 Å². The molecule has 3 aromatic rings. The first kappa shape index (κ1) is 14.7. The highest BCUT2D eigenvalue weighted by atomic mass is 19.1. The van der Waals surface area contributed by atoms with Gasteiger partial charge in [0, 0.05) is 10.8 Å². The van der Waals surface area contributed by atoms with Crippen molar-refractivity contribution in [2.45, 2.75) is 51.4 Å². The summed E-state index contributed by atoms with van der Waals surface area (Å²) in [5, 5.41) is 1.33. The van der Waals surface area contributed by atoms with E-state index in [9.17, 15) is 8.78 Å². The maximum Gasteiger partial charge on any atom is 0.171 e. The highest BCUT2D eigenvalue weighted by Gasteiger charge is 2.24. The molecular formula is C20H20F2O. The smallest absolute Gasteiger partial charge is 0.171 e. The summed E-state index contributed by atoms with van der Waals surface area (Å²) in [6.45, 7) is 2.01. The summed E-state index contributed by atoms with van der Waals surface area (Å²) in [7, 11) is 0. The van der Waals surface area contributed by atoms with Gasteiger partial charge in [-0.2, -0.15) is 0 Å². The SMILES string of the molecule is CCCc1ccc2c(oc3c(F)c(C4CCCC4)ccc32)c1F. The van der Waals surface area contributed by atoms with Crippen LogP contribution in [0, 0.1) is 11.6 Å². The molecule has 1 aromatic heterocycles. The van der Waals surface area contributed by atoms with Crippen LogP contribution in [-0.2, 0) is 6.42 Å². The molecule has 1 heterocycles. The van der Waals surface area contributed by atoms with Crippen LogP contribution in [0.5, 0.6) is 0 Å². The van der Waals surface area contributed by atoms with Crippen LogP contribution in [0.25, 0.3) is 21.9 Å². The summed E-state index contributed by atoms with van der Waals surface area (Å²) in [6, 6.07) is 7.39. The Morgan fingerprint density at radius 2 is 1.61 bits per heavy atom. The molecule has 3 heteroatoms. The summed E-state index contributed by atoms with van der Waals surface area (Å²) in [5.74, 6) is -0.377. The molecule has 1 nitrogen and oxygen atoms in total. The molecular weight excluding hydrogens is 294 g/mol. The molecule has 0 aliphatic heterocycles. The number of furan rings is 1. The zero-order valence-corrected chi connectivity index (χ0v) is 13.3. The molecule has 1 aliphatic rings. The first-order chi connectivity index (χ1) is 11.2. The predicted molar refractivity (Wildman–Crippen MR) is 88.8 cm³/mol. The van der Waals surface area contributed by atoms with Crippen LogP contribution in [0.4, 0.5) is 8.78 Å². The molecule has 0 bridgehead atoms. The fraction of sp³-hybridized carbons (Fsp3) is 0.400. The van der Waals surface area contributed by atoms with Crippen LogP contribution < -0.4 is 0 Å². The lowest BCUT2D eigenvalue weighted by molar-refractivity contribution is 0.537. The average Bonchev–Trinajstić information content (AvgIpc) is 3.19. The minimum Gasteiger partial charge on any atom is -0.450 e. The molecule has 120 valence electrons. The van der Waals surface area contributed by atoms with E-state index >= 15 is 0 Å². The van der Waals surface area contributed by atoms with Crippen molar-refractivity contribution in [1.29, 1.82) is 0 Å². The summed E-state index contributed by atoms with van der Waals surface area (Å²) in [6.07, 6.45) is 5.88. The number of hydrogen-bond donors (Lipinski definition) is 0. The molecule has 0 atom stereocenters. The van der Waals surface area contributed by atoms with E-state index in [2.05, 4.69) is 0 Å². The monoisotopic (exact) mass is 314 g/mol. The molecule has 1 saturated carbocycles. The summed E-state index contributed by atoms with van der Waals surface area (Å²) in [4.78, 5) is 0. The van der Waals surface area contributed by atoms with Gasteiger partial charge in [-0.25, -0.2) is 8.78 Å². The minimum atomic E-state index is -0.345. The van der Waals surface area contributed by atoms with Crippen molar-refractivity contribution in [3.63, 3.8) is 0 Å². The second kappa shape index (κ2) is 5.63. The van der Waals surface area contributed by atoms with Gasteiger partial charge in [-0.3, -0.25) is 0 Å². The molecule has 1 fully saturated rings. The Balaban J connectivity index is 1.93. The normalized spacial score (nSPS) is 16.0. The third-order valence-corrected chi connectivity index (χ3v) is 5.11. The van der Waals surface area contributed by atoms with Crippen molar-refractivity contribution < 1.29 is 13.2 Å². The van der Waals surface area contributed by atoms with Gasteiger partial charge < -0.3 is 4.42 Å². The average molecular weight is 314 g/mol. The van der Waals surface area contributed by atoms with Gasteiger partial charge in [-0.05, 0) is 48.4 Å². The quantitative estimate of drug-likeness (QED) is 0.539. The van der Waals surface area contributed by atoms with Crippen molar-refractivity contribution in [2.75, 3.05) is 0 Å². The molecule has 0 N–H and O–H groups in total. The molecule has 0 saturated heterocycles. The van der Waals surface area contributed by atoms with Crippen molar-refractivity contribution in [1.82, 2.24) is 0 Å². The number of hydrogen-bond acceptors (Lipinski definition) is 1. The van der Waals surface area contributed by atoms with Crippen LogP contribution in [0.1, 0.15) is 56.1 Å². The van der Waals surface area contributed by atoms with Crippen LogP contribution in [-0.4, -0.2) is 0 Å². The van der Waals surface area contributed by atoms with E-state index in [0.29, 0.717) is 22.8 Å². The first-order valence-corrected chi connectivity index (χ1v) is 8.52. The summed E-state index contributed by atoms with van der Waals surface area (Å²) in [5.41, 5.74) is 1.75. The third kappa shape index (κ3) is 2.25. The molecule has 0 radical (unpaired) electrons. The molecule has 0 unspecified atom stereocenters. The summed E-state index contributed by atoms with van der Waals surface area (Å²) < 4.78 is 35.2. The highest BCUT2D eigenvalue weighted by Crippen LogP contribution is 2.40. The molecule has 2 aromatic carbocycles. The van der Waals surface area contributed by atoms with Gasteiger partial charge >= 0.3 is 0 Å². The number of halogens is 2. The Kier molecular flexibility index (Phi) is 3.59. The standard InChI is InChI=1S/C20H20F2O/c1-2-5-13-8-9-15-16-11-10-14(12-6-3-4-7-12)18(22)20(16)23-19(15)17(13)21/h8-12H,2-7H2,1H3. The maximum absolute atomic E-state index is 14.9. The minimum absolute atomic E-state index is 0.188. The van der Waals surface area contributed by atoms with E-state index in [0.717, 1.165) is 37.7 Å². The second-order valence-corrected chi connectivity index (χ2v) is 6.59. The van der Waals surface area contributed by atoms with E-state index < -0.39 is 0 Å². The molecule has 23 heavy (non-hydrogen) atoms. The lowest BCUT2D eigenvalue weighted by Crippen LogP contribution is -1.96. The molecule has 4 rings (SSSR count). The fourth-order valence-electron chi connectivity index (χ4n) is 3.91. The number of fused-ring (bicyclic) bond motifs is 3. The number of benzene rings is 2. The Hall–Kier alpha value is -1.90. The van der Waals surface area contributed by atoms with Gasteiger partial charge in [0.05, 0.1) is 0 Å². The lowest BCUT2D eigenvalue weighted by Gasteiger charge is -2.10. The van der Waals surface area contributed by atoms with Crippen LogP contribution in [0.3, 0.4) is 0 Å². The Bertz CT molecular complexity index is 872. The van der Waals surface area contributed by atoms with E-state index in [1.165, 1.54) is 0 Å². The highest BCUT2D eigenvalue weighted by molar-refractivity contribution is 6.05. The van der Waals surface area contributed by atoms with Crippen molar-refractivity contribution >= 4 is 21.9 Å². The maximum atomic E-state index is 14.9. The molecule has 1 aliphatic carbocycles. The zero-order chi connectivity index (χ0) is 16.0. The Morgan fingerprint density at radius 3 is 2.30 bits per heavy atom. The van der Waals surface area contributed by atoms with E-state index in [1.54, 1.807) is 6.07 Å². The van der Waals surface area contributed by atoms with Crippen molar-refractivity contribution in [3.8, 4) is 0 Å². The van der Waals surface area contributed by atoms with Crippen LogP contribution in [0.2, 0.25) is 0 Å². The number of rotatable bonds is 3. The van der Waals surface area contributed by atoms with Gasteiger partial charge in [0.15, 0.2) is 22.8 Å².